The highest BCUT2D eigenvalue weighted by molar-refractivity contribution is 5.85. The van der Waals surface area contributed by atoms with Gasteiger partial charge in [0.1, 0.15) is 11.9 Å². The second-order valence-electron chi connectivity index (χ2n) is 6.24. The summed E-state index contributed by atoms with van der Waals surface area (Å²) in [7, 11) is 3.32. The third-order valence-corrected chi connectivity index (χ3v) is 4.41. The van der Waals surface area contributed by atoms with Gasteiger partial charge < -0.3 is 9.64 Å². The number of imidazole rings is 1. The number of carbonyl (C=O) groups is 1. The van der Waals surface area contributed by atoms with E-state index in [2.05, 4.69) is 11.1 Å². The van der Waals surface area contributed by atoms with E-state index in [0.29, 0.717) is 17.8 Å². The van der Waals surface area contributed by atoms with Crippen molar-refractivity contribution in [3.05, 3.63) is 41.5 Å². The zero-order valence-electron chi connectivity index (χ0n) is 14.8. The van der Waals surface area contributed by atoms with Crippen molar-refractivity contribution >= 4 is 28.5 Å². The molecule has 0 bridgehead atoms. The van der Waals surface area contributed by atoms with Crippen LogP contribution in [0.2, 0.25) is 0 Å². The van der Waals surface area contributed by atoms with Crippen molar-refractivity contribution in [3.63, 3.8) is 0 Å². The molecule has 3 aromatic rings. The van der Waals surface area contributed by atoms with Crippen LogP contribution in [-0.2, 0) is 9.53 Å². The smallest absolute Gasteiger partial charge is 0.310 e. The number of esters is 1. The maximum Gasteiger partial charge on any atom is 0.310 e. The largest absolute Gasteiger partial charge is 0.469 e. The maximum atomic E-state index is 11.8. The van der Waals surface area contributed by atoms with Crippen molar-refractivity contribution in [1.82, 2.24) is 9.38 Å². The van der Waals surface area contributed by atoms with Crippen LogP contribution in [0.15, 0.2) is 30.3 Å². The summed E-state index contributed by atoms with van der Waals surface area (Å²) >= 11 is 0. The number of methoxy groups -OCH3 is 1. The molecule has 6 heteroatoms. The van der Waals surface area contributed by atoms with E-state index in [9.17, 15) is 10.1 Å². The Kier molecular flexibility index (Phi) is 4.32. The minimum absolute atomic E-state index is 0.246. The van der Waals surface area contributed by atoms with Gasteiger partial charge in [0, 0.05) is 13.6 Å². The molecule has 1 unspecified atom stereocenters. The van der Waals surface area contributed by atoms with E-state index in [-0.39, 0.29) is 11.9 Å². The molecule has 1 atom stereocenters. The van der Waals surface area contributed by atoms with Gasteiger partial charge in [0.15, 0.2) is 5.65 Å². The first-order valence-electron chi connectivity index (χ1n) is 8.07. The van der Waals surface area contributed by atoms with E-state index in [1.807, 2.05) is 60.5 Å². The molecule has 0 saturated heterocycles. The highest BCUT2D eigenvalue weighted by atomic mass is 16.5. The normalized spacial score (nSPS) is 12.1. The number of rotatable bonds is 4. The Hall–Kier alpha value is -3.07. The Labute approximate surface area is 146 Å². The summed E-state index contributed by atoms with van der Waals surface area (Å²) in [6, 6.07) is 12.0. The molecule has 0 spiro atoms. The number of ether oxygens (including phenoxy) is 1. The van der Waals surface area contributed by atoms with Crippen molar-refractivity contribution in [1.29, 1.82) is 5.26 Å². The Morgan fingerprint density at radius 1 is 1.44 bits per heavy atom. The molecule has 1 aromatic carbocycles. The fourth-order valence-corrected chi connectivity index (χ4v) is 3.13. The fourth-order valence-electron chi connectivity index (χ4n) is 3.13. The maximum absolute atomic E-state index is 11.8. The molecule has 0 amide bonds. The van der Waals surface area contributed by atoms with Crippen LogP contribution in [-0.4, -0.2) is 36.1 Å². The quantitative estimate of drug-likeness (QED) is 0.685. The van der Waals surface area contributed by atoms with E-state index in [1.165, 1.54) is 7.11 Å². The first-order valence-corrected chi connectivity index (χ1v) is 8.07. The zero-order valence-corrected chi connectivity index (χ0v) is 14.8. The number of hydrogen-bond acceptors (Lipinski definition) is 5. The number of carbonyl (C=O) groups excluding carboxylic acids is 1. The standard InChI is InChI=1S/C19H20N4O2/c1-12-9-17(22(3)11-13(2)19(24)25-4)23-16-8-6-5-7-15(16)21-18(23)14(12)10-20/h5-9,13H,11H2,1-4H3. The number of hydrogen-bond donors (Lipinski definition) is 0. The first kappa shape index (κ1) is 16.8. The van der Waals surface area contributed by atoms with Gasteiger partial charge >= 0.3 is 5.97 Å². The molecular formula is C19H20N4O2. The number of pyridine rings is 1. The molecule has 6 nitrogen and oxygen atoms in total. The topological polar surface area (TPSA) is 70.6 Å². The summed E-state index contributed by atoms with van der Waals surface area (Å²) in [4.78, 5) is 18.4. The highest BCUT2D eigenvalue weighted by Gasteiger charge is 2.20. The van der Waals surface area contributed by atoms with Crippen LogP contribution >= 0.6 is 0 Å². The second-order valence-corrected chi connectivity index (χ2v) is 6.24. The molecule has 0 N–H and O–H groups in total. The van der Waals surface area contributed by atoms with Crippen molar-refractivity contribution in [2.75, 3.05) is 25.6 Å². The molecule has 0 aliphatic rings. The molecule has 0 radical (unpaired) electrons. The van der Waals surface area contributed by atoms with Gasteiger partial charge in [-0.25, -0.2) is 4.98 Å². The van der Waals surface area contributed by atoms with Gasteiger partial charge in [-0.05, 0) is 30.7 Å². The predicted molar refractivity (Wildman–Crippen MR) is 96.6 cm³/mol. The Bertz CT molecular complexity index is 1000. The van der Waals surface area contributed by atoms with Gasteiger partial charge in [-0.3, -0.25) is 9.20 Å². The lowest BCUT2D eigenvalue weighted by Gasteiger charge is -2.24. The van der Waals surface area contributed by atoms with Crippen LogP contribution in [0.25, 0.3) is 16.7 Å². The summed E-state index contributed by atoms with van der Waals surface area (Å²) in [6.07, 6.45) is 0. The summed E-state index contributed by atoms with van der Waals surface area (Å²) in [5.74, 6) is 0.371. The molecule has 128 valence electrons. The van der Waals surface area contributed by atoms with Gasteiger partial charge in [-0.15, -0.1) is 0 Å². The van der Waals surface area contributed by atoms with E-state index in [1.54, 1.807) is 0 Å². The second kappa shape index (κ2) is 6.44. The summed E-state index contributed by atoms with van der Waals surface area (Å²) in [6.45, 7) is 4.24. The average molecular weight is 336 g/mol. The van der Waals surface area contributed by atoms with Crippen LogP contribution in [0.5, 0.6) is 0 Å². The lowest BCUT2D eigenvalue weighted by Crippen LogP contribution is -2.30. The van der Waals surface area contributed by atoms with Gasteiger partial charge in [-0.1, -0.05) is 19.1 Å². The van der Waals surface area contributed by atoms with Gasteiger partial charge in [0.25, 0.3) is 0 Å². The molecule has 0 aliphatic carbocycles. The number of anilines is 1. The third-order valence-electron chi connectivity index (χ3n) is 4.41. The number of fused-ring (bicyclic) bond motifs is 3. The minimum Gasteiger partial charge on any atom is -0.469 e. The SMILES string of the molecule is COC(=O)C(C)CN(C)c1cc(C)c(C#N)c2nc3ccccc3n12. The Morgan fingerprint density at radius 3 is 2.84 bits per heavy atom. The Morgan fingerprint density at radius 2 is 2.16 bits per heavy atom. The first-order chi connectivity index (χ1) is 12.0. The van der Waals surface area contributed by atoms with E-state index in [4.69, 9.17) is 4.74 Å². The fraction of sp³-hybridized carbons (Fsp3) is 0.316. The molecule has 0 saturated carbocycles. The molecular weight excluding hydrogens is 316 g/mol. The third kappa shape index (κ3) is 2.78. The minimum atomic E-state index is -0.268. The molecule has 2 heterocycles. The van der Waals surface area contributed by atoms with Crippen molar-refractivity contribution in [3.8, 4) is 6.07 Å². The number of nitrogens with zero attached hydrogens (tertiary/aromatic N) is 4. The molecule has 25 heavy (non-hydrogen) atoms. The van der Waals surface area contributed by atoms with Crippen molar-refractivity contribution in [2.45, 2.75) is 13.8 Å². The predicted octanol–water partition coefficient (Wildman–Crippen LogP) is 2.91. The number of benzene rings is 1. The Balaban J connectivity index is 2.21. The van der Waals surface area contributed by atoms with Gasteiger partial charge in [-0.2, -0.15) is 5.26 Å². The molecule has 3 rings (SSSR count). The highest BCUT2D eigenvalue weighted by Crippen LogP contribution is 2.28. The summed E-state index contributed by atoms with van der Waals surface area (Å²) < 4.78 is 6.80. The van der Waals surface area contributed by atoms with E-state index < -0.39 is 0 Å². The van der Waals surface area contributed by atoms with Gasteiger partial charge in [0.05, 0.1) is 29.6 Å². The number of aryl methyl sites for hydroxylation is 1. The van der Waals surface area contributed by atoms with E-state index >= 15 is 0 Å². The van der Waals surface area contributed by atoms with Crippen molar-refractivity contribution < 1.29 is 9.53 Å². The molecule has 2 aromatic heterocycles. The zero-order chi connectivity index (χ0) is 18.1. The summed E-state index contributed by atoms with van der Waals surface area (Å²) in [5.41, 5.74) is 3.82. The lowest BCUT2D eigenvalue weighted by atomic mass is 10.1. The van der Waals surface area contributed by atoms with Crippen LogP contribution in [0.1, 0.15) is 18.1 Å². The summed E-state index contributed by atoms with van der Waals surface area (Å²) in [5, 5.41) is 9.54. The number of nitriles is 1. The number of aromatic nitrogens is 2. The monoisotopic (exact) mass is 336 g/mol. The lowest BCUT2D eigenvalue weighted by molar-refractivity contribution is -0.144. The molecule has 0 fully saturated rings. The molecule has 0 aliphatic heterocycles. The van der Waals surface area contributed by atoms with Crippen LogP contribution in [0.3, 0.4) is 0 Å². The average Bonchev–Trinajstić information content (AvgIpc) is 2.99. The van der Waals surface area contributed by atoms with Crippen LogP contribution in [0, 0.1) is 24.2 Å². The van der Waals surface area contributed by atoms with Crippen molar-refractivity contribution in [2.24, 2.45) is 5.92 Å². The van der Waals surface area contributed by atoms with Crippen LogP contribution in [0.4, 0.5) is 5.82 Å². The number of para-hydroxylation sites is 2. The van der Waals surface area contributed by atoms with Crippen LogP contribution < -0.4 is 4.90 Å². The van der Waals surface area contributed by atoms with Gasteiger partial charge in [0.2, 0.25) is 0 Å². The van der Waals surface area contributed by atoms with E-state index in [0.717, 1.165) is 22.4 Å².